The largest absolute Gasteiger partial charge is 0.403 e. The molecule has 3 N–H and O–H groups in total. The van der Waals surface area contributed by atoms with E-state index < -0.39 is 47.8 Å². The summed E-state index contributed by atoms with van der Waals surface area (Å²) in [5.41, 5.74) is 4.24. The topological polar surface area (TPSA) is 46.2 Å². The molecule has 19 heavy (non-hydrogen) atoms. The Kier molecular flexibility index (Phi) is 6.11. The third-order valence-electron chi connectivity index (χ3n) is 2.29. The van der Waals surface area contributed by atoms with Crippen LogP contribution < -0.4 is 5.73 Å². The number of halogens is 7. The molecule has 0 aliphatic heterocycles. The number of rotatable bonds is 3. The van der Waals surface area contributed by atoms with Crippen molar-refractivity contribution >= 4 is 12.4 Å². The Balaban J connectivity index is 0.00000324. The number of aliphatic hydroxyl groups excluding tert-OH is 1. The van der Waals surface area contributed by atoms with Gasteiger partial charge in [-0.15, -0.1) is 12.4 Å². The lowest BCUT2D eigenvalue weighted by Gasteiger charge is -2.19. The van der Waals surface area contributed by atoms with E-state index in [4.69, 9.17) is 5.73 Å². The molecule has 0 aliphatic rings. The van der Waals surface area contributed by atoms with Crippen molar-refractivity contribution in [1.82, 2.24) is 0 Å². The fourth-order valence-electron chi connectivity index (χ4n) is 1.28. The molecule has 1 rings (SSSR count). The molecule has 2 nitrogen and oxygen atoms in total. The molecule has 0 bridgehead atoms. The first-order valence-electron chi connectivity index (χ1n) is 4.77. The van der Waals surface area contributed by atoms with Crippen LogP contribution in [0.2, 0.25) is 0 Å². The molecule has 1 aromatic carbocycles. The second-order valence-corrected chi connectivity index (χ2v) is 3.70. The summed E-state index contributed by atoms with van der Waals surface area (Å²) in [6.07, 6.45) is -7.56. The van der Waals surface area contributed by atoms with Gasteiger partial charge >= 0.3 is 6.18 Å². The molecule has 0 amide bonds. The first-order chi connectivity index (χ1) is 8.12. The summed E-state index contributed by atoms with van der Waals surface area (Å²) in [5, 5.41) is 9.36. The lowest BCUT2D eigenvalue weighted by atomic mass is 10.0. The Bertz CT molecular complexity index is 416. The fourth-order valence-corrected chi connectivity index (χ4v) is 1.28. The van der Waals surface area contributed by atoms with E-state index in [-0.39, 0.29) is 12.4 Å². The van der Waals surface area contributed by atoms with Gasteiger partial charge < -0.3 is 10.8 Å². The summed E-state index contributed by atoms with van der Waals surface area (Å²) in [6, 6.07) is -1.50. The molecule has 110 valence electrons. The van der Waals surface area contributed by atoms with E-state index in [1.54, 1.807) is 0 Å². The smallest absolute Gasteiger partial charge is 0.388 e. The van der Waals surface area contributed by atoms with Gasteiger partial charge in [-0.05, 0) is 17.7 Å². The Hall–Kier alpha value is -0.990. The first-order valence-corrected chi connectivity index (χ1v) is 4.77. The van der Waals surface area contributed by atoms with E-state index in [2.05, 4.69) is 0 Å². The summed E-state index contributed by atoms with van der Waals surface area (Å²) < 4.78 is 74.5. The van der Waals surface area contributed by atoms with Crippen molar-refractivity contribution in [3.8, 4) is 0 Å². The molecule has 0 aliphatic carbocycles. The van der Waals surface area contributed by atoms with Crippen LogP contribution in [-0.2, 0) is 0 Å². The SMILES string of the molecule is Cl.N[C@@H](C[C@@H](O)c1cc(F)c(F)c(F)c1)C(F)(F)F. The zero-order valence-electron chi connectivity index (χ0n) is 9.22. The summed E-state index contributed by atoms with van der Waals surface area (Å²) >= 11 is 0. The Morgan fingerprint density at radius 2 is 1.53 bits per heavy atom. The standard InChI is InChI=1S/C10H9F6NO.ClH/c11-5-1-4(2-6(12)9(5)13)7(18)3-8(17)10(14,15)16;/h1-2,7-8,18H,3,17H2;1H/t7-,8+;/m1./s1. The third-order valence-corrected chi connectivity index (χ3v) is 2.29. The van der Waals surface area contributed by atoms with Crippen LogP contribution in [0, 0.1) is 17.5 Å². The second-order valence-electron chi connectivity index (χ2n) is 3.70. The van der Waals surface area contributed by atoms with Crippen LogP contribution in [0.1, 0.15) is 18.1 Å². The van der Waals surface area contributed by atoms with Gasteiger partial charge in [-0.1, -0.05) is 0 Å². The lowest BCUT2D eigenvalue weighted by molar-refractivity contribution is -0.153. The number of benzene rings is 1. The van der Waals surface area contributed by atoms with Crippen molar-refractivity contribution in [2.75, 3.05) is 0 Å². The number of alkyl halides is 3. The average molecular weight is 310 g/mol. The minimum Gasteiger partial charge on any atom is -0.388 e. The zero-order chi connectivity index (χ0) is 14.1. The maximum atomic E-state index is 12.8. The molecule has 0 saturated carbocycles. The molecular weight excluding hydrogens is 300 g/mol. The molecule has 0 fully saturated rings. The van der Waals surface area contributed by atoms with Crippen LogP contribution in [0.5, 0.6) is 0 Å². The lowest BCUT2D eigenvalue weighted by Crippen LogP contribution is -2.38. The molecule has 0 heterocycles. The van der Waals surface area contributed by atoms with Crippen molar-refractivity contribution in [2.24, 2.45) is 5.73 Å². The van der Waals surface area contributed by atoms with E-state index in [0.717, 1.165) is 0 Å². The molecule has 0 aromatic heterocycles. The third kappa shape index (κ3) is 4.55. The molecule has 9 heteroatoms. The van der Waals surface area contributed by atoms with Gasteiger partial charge in [0.05, 0.1) is 6.10 Å². The van der Waals surface area contributed by atoms with Gasteiger partial charge in [0.1, 0.15) is 6.04 Å². The highest BCUT2D eigenvalue weighted by atomic mass is 35.5. The highest BCUT2D eigenvalue weighted by Gasteiger charge is 2.38. The number of nitrogens with two attached hydrogens (primary N) is 1. The highest BCUT2D eigenvalue weighted by molar-refractivity contribution is 5.85. The second kappa shape index (κ2) is 6.44. The van der Waals surface area contributed by atoms with Crippen molar-refractivity contribution < 1.29 is 31.4 Å². The Morgan fingerprint density at radius 1 is 1.11 bits per heavy atom. The minimum atomic E-state index is -4.74. The van der Waals surface area contributed by atoms with Gasteiger partial charge in [0, 0.05) is 6.42 Å². The summed E-state index contributed by atoms with van der Waals surface area (Å²) in [6.45, 7) is 0. The van der Waals surface area contributed by atoms with Gasteiger partial charge in [0.25, 0.3) is 0 Å². The quantitative estimate of drug-likeness (QED) is 0.666. The number of aliphatic hydroxyl groups is 1. The molecular formula is C10H10ClF6NO. The van der Waals surface area contributed by atoms with Crippen LogP contribution in [0.25, 0.3) is 0 Å². The van der Waals surface area contributed by atoms with Crippen LogP contribution >= 0.6 is 12.4 Å². The van der Waals surface area contributed by atoms with Gasteiger partial charge in [0.15, 0.2) is 17.5 Å². The van der Waals surface area contributed by atoms with E-state index in [9.17, 15) is 31.4 Å². The van der Waals surface area contributed by atoms with Crippen LogP contribution in [0.4, 0.5) is 26.3 Å². The molecule has 0 spiro atoms. The highest BCUT2D eigenvalue weighted by Crippen LogP contribution is 2.28. The van der Waals surface area contributed by atoms with Gasteiger partial charge in [0.2, 0.25) is 0 Å². The Morgan fingerprint density at radius 3 is 1.89 bits per heavy atom. The van der Waals surface area contributed by atoms with Crippen molar-refractivity contribution in [1.29, 1.82) is 0 Å². The zero-order valence-corrected chi connectivity index (χ0v) is 10.0. The summed E-state index contributed by atoms with van der Waals surface area (Å²) in [5.74, 6) is -4.94. The predicted molar refractivity (Wildman–Crippen MR) is 57.2 cm³/mol. The van der Waals surface area contributed by atoms with E-state index >= 15 is 0 Å². The van der Waals surface area contributed by atoms with E-state index in [1.165, 1.54) is 0 Å². The normalized spacial score (nSPS) is 14.7. The van der Waals surface area contributed by atoms with Crippen LogP contribution in [-0.4, -0.2) is 17.3 Å². The van der Waals surface area contributed by atoms with E-state index in [1.807, 2.05) is 0 Å². The van der Waals surface area contributed by atoms with Crippen LogP contribution in [0.15, 0.2) is 12.1 Å². The van der Waals surface area contributed by atoms with Crippen molar-refractivity contribution in [3.63, 3.8) is 0 Å². The summed E-state index contributed by atoms with van der Waals surface area (Å²) in [7, 11) is 0. The van der Waals surface area contributed by atoms with Gasteiger partial charge in [-0.25, -0.2) is 13.2 Å². The molecule has 0 saturated heterocycles. The van der Waals surface area contributed by atoms with Crippen molar-refractivity contribution in [2.45, 2.75) is 24.7 Å². The summed E-state index contributed by atoms with van der Waals surface area (Å²) in [4.78, 5) is 0. The van der Waals surface area contributed by atoms with E-state index in [0.29, 0.717) is 12.1 Å². The predicted octanol–water partition coefficient (Wildman–Crippen LogP) is 2.84. The van der Waals surface area contributed by atoms with Crippen molar-refractivity contribution in [3.05, 3.63) is 35.1 Å². The number of hydrogen-bond acceptors (Lipinski definition) is 2. The van der Waals surface area contributed by atoms with Gasteiger partial charge in [-0.2, -0.15) is 13.2 Å². The maximum absolute atomic E-state index is 12.8. The monoisotopic (exact) mass is 309 g/mol. The minimum absolute atomic E-state index is 0. The molecule has 1 aromatic rings. The molecule has 0 radical (unpaired) electrons. The molecule has 0 unspecified atom stereocenters. The first kappa shape index (κ1) is 18.0. The maximum Gasteiger partial charge on any atom is 0.403 e. The fraction of sp³-hybridized carbons (Fsp3) is 0.400. The average Bonchev–Trinajstić information content (AvgIpc) is 2.23. The molecule has 2 atom stereocenters. The Labute approximate surface area is 110 Å². The number of hydrogen-bond donors (Lipinski definition) is 2. The van der Waals surface area contributed by atoms with Crippen LogP contribution in [0.3, 0.4) is 0 Å². The van der Waals surface area contributed by atoms with Gasteiger partial charge in [-0.3, -0.25) is 0 Å².